The molecular formula is C16H13N5O2S. The third kappa shape index (κ3) is 3.44. The van der Waals surface area contributed by atoms with Gasteiger partial charge in [-0.2, -0.15) is 0 Å². The van der Waals surface area contributed by atoms with Crippen LogP contribution in [0.4, 0.5) is 0 Å². The Morgan fingerprint density at radius 3 is 2.46 bits per heavy atom. The van der Waals surface area contributed by atoms with Crippen LogP contribution in [-0.4, -0.2) is 26.8 Å². The fourth-order valence-electron chi connectivity index (χ4n) is 2.06. The second-order valence-electron chi connectivity index (χ2n) is 4.83. The number of aromatic nitrogens is 3. The molecule has 1 atom stereocenters. The van der Waals surface area contributed by atoms with E-state index in [-0.39, 0.29) is 5.69 Å². The Labute approximate surface area is 141 Å². The molecule has 2 amide bonds. The number of carbonyl (C=O) groups excluding carboxylic acids is 2. The highest BCUT2D eigenvalue weighted by Gasteiger charge is 2.22. The zero-order chi connectivity index (χ0) is 16.9. The predicted molar refractivity (Wildman–Crippen MR) is 89.0 cm³/mol. The first-order valence-corrected chi connectivity index (χ1v) is 7.91. The molecule has 0 saturated carbocycles. The molecule has 0 aliphatic heterocycles. The van der Waals surface area contributed by atoms with Crippen LogP contribution in [-0.2, 0) is 4.79 Å². The van der Waals surface area contributed by atoms with E-state index in [1.165, 1.54) is 11.3 Å². The van der Waals surface area contributed by atoms with E-state index in [0.717, 1.165) is 0 Å². The second-order valence-corrected chi connectivity index (χ2v) is 5.69. The molecule has 3 rings (SSSR count). The number of nitrogens with one attached hydrogen (secondary N) is 1. The molecule has 8 heteroatoms. The van der Waals surface area contributed by atoms with Crippen molar-refractivity contribution in [3.8, 4) is 10.8 Å². The van der Waals surface area contributed by atoms with Crippen LogP contribution in [0.1, 0.15) is 22.1 Å². The van der Waals surface area contributed by atoms with Crippen molar-refractivity contribution in [1.29, 1.82) is 0 Å². The van der Waals surface area contributed by atoms with Crippen LogP contribution in [0, 0.1) is 0 Å². The van der Waals surface area contributed by atoms with Crippen molar-refractivity contribution in [2.24, 2.45) is 5.73 Å². The molecule has 3 N–H and O–H groups in total. The SMILES string of the molecule is NC(=O)[C@H](NC(=O)c1csc(-c2ncccn2)n1)c1ccccc1. The minimum absolute atomic E-state index is 0.185. The Morgan fingerprint density at radius 1 is 1.08 bits per heavy atom. The summed E-state index contributed by atoms with van der Waals surface area (Å²) in [6, 6.07) is 9.57. The molecule has 0 aliphatic carbocycles. The van der Waals surface area contributed by atoms with Gasteiger partial charge in [0.15, 0.2) is 10.8 Å². The summed E-state index contributed by atoms with van der Waals surface area (Å²) in [5.74, 6) is -0.687. The number of carbonyl (C=O) groups is 2. The average molecular weight is 339 g/mol. The van der Waals surface area contributed by atoms with E-state index in [9.17, 15) is 9.59 Å². The number of amides is 2. The van der Waals surface area contributed by atoms with Crippen molar-refractivity contribution >= 4 is 23.2 Å². The smallest absolute Gasteiger partial charge is 0.271 e. The first kappa shape index (κ1) is 15.8. The van der Waals surface area contributed by atoms with E-state index in [1.807, 2.05) is 6.07 Å². The summed E-state index contributed by atoms with van der Waals surface area (Å²) < 4.78 is 0. The molecule has 0 bridgehead atoms. The minimum atomic E-state index is -0.920. The summed E-state index contributed by atoms with van der Waals surface area (Å²) >= 11 is 1.25. The second kappa shape index (κ2) is 6.97. The molecule has 0 spiro atoms. The van der Waals surface area contributed by atoms with E-state index >= 15 is 0 Å². The number of hydrogen-bond donors (Lipinski definition) is 2. The highest BCUT2D eigenvalue weighted by Crippen LogP contribution is 2.20. The number of nitrogens with zero attached hydrogens (tertiary/aromatic N) is 3. The van der Waals surface area contributed by atoms with Crippen LogP contribution in [0.3, 0.4) is 0 Å². The first-order chi connectivity index (χ1) is 11.6. The predicted octanol–water partition coefficient (Wildman–Crippen LogP) is 1.56. The van der Waals surface area contributed by atoms with Gasteiger partial charge >= 0.3 is 0 Å². The maximum atomic E-state index is 12.4. The number of benzene rings is 1. The third-order valence-electron chi connectivity index (χ3n) is 3.19. The fraction of sp³-hybridized carbons (Fsp3) is 0.0625. The van der Waals surface area contributed by atoms with Crippen LogP contribution >= 0.6 is 11.3 Å². The summed E-state index contributed by atoms with van der Waals surface area (Å²) in [4.78, 5) is 36.4. The van der Waals surface area contributed by atoms with Crippen LogP contribution in [0.15, 0.2) is 54.2 Å². The molecule has 24 heavy (non-hydrogen) atoms. The van der Waals surface area contributed by atoms with E-state index in [2.05, 4.69) is 20.3 Å². The molecule has 1 aromatic carbocycles. The lowest BCUT2D eigenvalue weighted by atomic mass is 10.1. The molecule has 0 unspecified atom stereocenters. The van der Waals surface area contributed by atoms with Gasteiger partial charge in [-0.3, -0.25) is 9.59 Å². The molecule has 0 radical (unpaired) electrons. The highest BCUT2D eigenvalue weighted by molar-refractivity contribution is 7.13. The van der Waals surface area contributed by atoms with Gasteiger partial charge in [0.2, 0.25) is 5.91 Å². The minimum Gasteiger partial charge on any atom is -0.368 e. The molecule has 0 saturated heterocycles. The largest absolute Gasteiger partial charge is 0.368 e. The number of hydrogen-bond acceptors (Lipinski definition) is 6. The van der Waals surface area contributed by atoms with E-state index in [4.69, 9.17) is 5.73 Å². The number of thiazole rings is 1. The Balaban J connectivity index is 1.79. The maximum absolute atomic E-state index is 12.4. The van der Waals surface area contributed by atoms with Gasteiger partial charge in [-0.1, -0.05) is 30.3 Å². The third-order valence-corrected chi connectivity index (χ3v) is 4.02. The molecular weight excluding hydrogens is 326 g/mol. The van der Waals surface area contributed by atoms with Gasteiger partial charge in [-0.05, 0) is 11.6 Å². The van der Waals surface area contributed by atoms with Crippen molar-refractivity contribution in [2.45, 2.75) is 6.04 Å². The van der Waals surface area contributed by atoms with Crippen LogP contribution in [0.5, 0.6) is 0 Å². The van der Waals surface area contributed by atoms with Gasteiger partial charge in [-0.15, -0.1) is 11.3 Å². The Kier molecular flexibility index (Phi) is 4.57. The molecule has 2 aromatic heterocycles. The maximum Gasteiger partial charge on any atom is 0.271 e. The molecule has 120 valence electrons. The Bertz CT molecular complexity index is 851. The van der Waals surface area contributed by atoms with Gasteiger partial charge < -0.3 is 11.1 Å². The zero-order valence-electron chi connectivity index (χ0n) is 12.4. The summed E-state index contributed by atoms with van der Waals surface area (Å²) in [5, 5.41) is 4.72. The quantitative estimate of drug-likeness (QED) is 0.733. The number of primary amides is 1. The number of nitrogens with two attached hydrogens (primary N) is 1. The molecule has 3 aromatic rings. The summed E-state index contributed by atoms with van der Waals surface area (Å²) in [7, 11) is 0. The summed E-state index contributed by atoms with van der Waals surface area (Å²) in [5.41, 5.74) is 6.20. The normalized spacial score (nSPS) is 11.7. The highest BCUT2D eigenvalue weighted by atomic mass is 32.1. The summed E-state index contributed by atoms with van der Waals surface area (Å²) in [6.45, 7) is 0. The fourth-order valence-corrected chi connectivity index (χ4v) is 2.80. The van der Waals surface area contributed by atoms with E-state index in [0.29, 0.717) is 16.4 Å². The standard InChI is InChI=1S/C16H13N5O2S/c17-13(22)12(10-5-2-1-3-6-10)21-15(23)11-9-24-16(20-11)14-18-7-4-8-19-14/h1-9,12H,(H2,17,22)(H,21,23)/t12-/m1/s1. The Hall–Kier alpha value is -3.13. The summed E-state index contributed by atoms with van der Waals surface area (Å²) in [6.07, 6.45) is 3.20. The molecule has 0 aliphatic rings. The molecule has 7 nitrogen and oxygen atoms in total. The van der Waals surface area contributed by atoms with Crippen LogP contribution < -0.4 is 11.1 Å². The van der Waals surface area contributed by atoms with Crippen LogP contribution in [0.2, 0.25) is 0 Å². The first-order valence-electron chi connectivity index (χ1n) is 7.03. The van der Waals surface area contributed by atoms with Crippen molar-refractivity contribution in [3.63, 3.8) is 0 Å². The Morgan fingerprint density at radius 2 is 1.79 bits per heavy atom. The topological polar surface area (TPSA) is 111 Å². The van der Waals surface area contributed by atoms with Gasteiger partial charge in [-0.25, -0.2) is 15.0 Å². The van der Waals surface area contributed by atoms with Gasteiger partial charge in [0, 0.05) is 17.8 Å². The number of rotatable bonds is 5. The molecule has 2 heterocycles. The van der Waals surface area contributed by atoms with E-state index in [1.54, 1.807) is 48.1 Å². The monoisotopic (exact) mass is 339 g/mol. The van der Waals surface area contributed by atoms with Gasteiger partial charge in [0.05, 0.1) is 0 Å². The zero-order valence-corrected chi connectivity index (χ0v) is 13.2. The van der Waals surface area contributed by atoms with Crippen molar-refractivity contribution in [2.75, 3.05) is 0 Å². The lowest BCUT2D eigenvalue weighted by Crippen LogP contribution is -2.37. The van der Waals surface area contributed by atoms with Crippen molar-refractivity contribution in [3.05, 3.63) is 65.4 Å². The lowest BCUT2D eigenvalue weighted by Gasteiger charge is -2.14. The molecule has 0 fully saturated rings. The van der Waals surface area contributed by atoms with Gasteiger partial charge in [0.25, 0.3) is 5.91 Å². The lowest BCUT2D eigenvalue weighted by molar-refractivity contribution is -0.120. The van der Waals surface area contributed by atoms with Crippen molar-refractivity contribution in [1.82, 2.24) is 20.3 Å². The van der Waals surface area contributed by atoms with E-state index < -0.39 is 17.9 Å². The van der Waals surface area contributed by atoms with Crippen LogP contribution in [0.25, 0.3) is 10.8 Å². The van der Waals surface area contributed by atoms with Gasteiger partial charge in [0.1, 0.15) is 11.7 Å². The van der Waals surface area contributed by atoms with Crippen molar-refractivity contribution < 1.29 is 9.59 Å². The average Bonchev–Trinajstić information content (AvgIpc) is 3.11.